The Bertz CT molecular complexity index is 913. The van der Waals surface area contributed by atoms with Crippen molar-refractivity contribution in [1.82, 2.24) is 4.90 Å². The molecule has 0 bridgehead atoms. The van der Waals surface area contributed by atoms with Gasteiger partial charge in [0.25, 0.3) is 0 Å². The second kappa shape index (κ2) is 9.44. The molecule has 6 heteroatoms. The molecule has 0 fully saturated rings. The Kier molecular flexibility index (Phi) is 6.96. The zero-order valence-electron chi connectivity index (χ0n) is 17.1. The Morgan fingerprint density at radius 2 is 2.03 bits per heavy atom. The molecule has 1 aliphatic rings. The first kappa shape index (κ1) is 21.4. The Hall–Kier alpha value is -2.34. The molecule has 1 unspecified atom stereocenters. The van der Waals surface area contributed by atoms with Crippen LogP contribution in [0.25, 0.3) is 0 Å². The Morgan fingerprint density at radius 1 is 1.24 bits per heavy atom. The number of hydrogen-bond donors (Lipinski definition) is 1. The van der Waals surface area contributed by atoms with Crippen molar-refractivity contribution < 1.29 is 14.3 Å². The van der Waals surface area contributed by atoms with E-state index in [0.29, 0.717) is 6.42 Å². The molecule has 5 nitrogen and oxygen atoms in total. The molecule has 2 aromatic carbocycles. The number of carbonyl (C=O) groups is 2. The number of benzene rings is 2. The van der Waals surface area contributed by atoms with Crippen LogP contribution in [0.1, 0.15) is 41.9 Å². The van der Waals surface area contributed by atoms with Crippen LogP contribution in [-0.2, 0) is 16.0 Å². The van der Waals surface area contributed by atoms with Gasteiger partial charge >= 0.3 is 0 Å². The molecule has 1 N–H and O–H groups in total. The van der Waals surface area contributed by atoms with Gasteiger partial charge in [0.1, 0.15) is 5.75 Å². The van der Waals surface area contributed by atoms with Crippen LogP contribution in [0.2, 0.25) is 0 Å². The maximum absolute atomic E-state index is 12.8. The fourth-order valence-electron chi connectivity index (χ4n) is 3.86. The predicted molar refractivity (Wildman–Crippen MR) is 118 cm³/mol. The van der Waals surface area contributed by atoms with Gasteiger partial charge in [-0.2, -0.15) is 0 Å². The molecule has 0 heterocycles. The Balaban J connectivity index is 1.59. The smallest absolute Gasteiger partial charge is 0.243 e. The summed E-state index contributed by atoms with van der Waals surface area (Å²) >= 11 is 3.42. The maximum atomic E-state index is 12.8. The van der Waals surface area contributed by atoms with E-state index >= 15 is 0 Å². The van der Waals surface area contributed by atoms with Crippen LogP contribution >= 0.6 is 15.9 Å². The number of anilines is 1. The quantitative estimate of drug-likeness (QED) is 0.683. The molecular formula is C23H27BrN2O3. The van der Waals surface area contributed by atoms with Crippen LogP contribution in [0.3, 0.4) is 0 Å². The molecule has 0 saturated heterocycles. The average Bonchev–Trinajstić information content (AvgIpc) is 2.69. The standard InChI is InChI=1S/C23H27BrN2O3/c1-15-11-18(24)7-10-21(15)25-22(27)14-26(2)23(28)13-17-6-4-5-16-12-19(29-3)8-9-20(16)17/h7-12,17H,4-6,13-14H2,1-3H3,(H,25,27). The summed E-state index contributed by atoms with van der Waals surface area (Å²) in [5.41, 5.74) is 4.22. The minimum Gasteiger partial charge on any atom is -0.497 e. The fraction of sp³-hybridized carbons (Fsp3) is 0.391. The molecule has 2 amide bonds. The van der Waals surface area contributed by atoms with Gasteiger partial charge in [-0.25, -0.2) is 0 Å². The molecule has 0 spiro atoms. The number of halogens is 1. The SMILES string of the molecule is COc1ccc2c(c1)CCCC2CC(=O)N(C)CC(=O)Nc1ccc(Br)cc1C. The van der Waals surface area contributed by atoms with Gasteiger partial charge in [-0.1, -0.05) is 22.0 Å². The van der Waals surface area contributed by atoms with Crippen LogP contribution in [0.15, 0.2) is 40.9 Å². The van der Waals surface area contributed by atoms with Gasteiger partial charge in [0.2, 0.25) is 11.8 Å². The summed E-state index contributed by atoms with van der Waals surface area (Å²) in [4.78, 5) is 26.7. The van der Waals surface area contributed by atoms with Crippen molar-refractivity contribution in [1.29, 1.82) is 0 Å². The van der Waals surface area contributed by atoms with Gasteiger partial charge in [0.15, 0.2) is 0 Å². The summed E-state index contributed by atoms with van der Waals surface area (Å²) in [5.74, 6) is 0.838. The Labute approximate surface area is 180 Å². The Morgan fingerprint density at radius 3 is 2.76 bits per heavy atom. The number of amides is 2. The number of methoxy groups -OCH3 is 1. The van der Waals surface area contributed by atoms with Gasteiger partial charge < -0.3 is 15.0 Å². The first-order valence-corrected chi connectivity index (χ1v) is 10.6. The first-order valence-electron chi connectivity index (χ1n) is 9.84. The lowest BCUT2D eigenvalue weighted by Crippen LogP contribution is -2.36. The normalized spacial score (nSPS) is 15.4. The molecule has 29 heavy (non-hydrogen) atoms. The van der Waals surface area contributed by atoms with Crippen molar-refractivity contribution in [3.05, 3.63) is 57.6 Å². The highest BCUT2D eigenvalue weighted by Gasteiger charge is 2.25. The third-order valence-corrected chi connectivity index (χ3v) is 5.97. The number of aryl methyl sites for hydroxylation is 2. The van der Waals surface area contributed by atoms with Crippen LogP contribution in [0.4, 0.5) is 5.69 Å². The lowest BCUT2D eigenvalue weighted by molar-refractivity contribution is -0.133. The number of fused-ring (bicyclic) bond motifs is 1. The highest BCUT2D eigenvalue weighted by atomic mass is 79.9. The highest BCUT2D eigenvalue weighted by molar-refractivity contribution is 9.10. The minimum atomic E-state index is -0.194. The van der Waals surface area contributed by atoms with E-state index in [1.807, 2.05) is 31.2 Å². The largest absolute Gasteiger partial charge is 0.497 e. The summed E-state index contributed by atoms with van der Waals surface area (Å²) < 4.78 is 6.28. The lowest BCUT2D eigenvalue weighted by atomic mass is 9.81. The van der Waals surface area contributed by atoms with Crippen LogP contribution in [-0.4, -0.2) is 37.4 Å². The molecule has 0 radical (unpaired) electrons. The van der Waals surface area contributed by atoms with Gasteiger partial charge in [-0.3, -0.25) is 9.59 Å². The van der Waals surface area contributed by atoms with Crippen molar-refractivity contribution in [2.45, 2.75) is 38.5 Å². The van der Waals surface area contributed by atoms with Crippen molar-refractivity contribution in [2.24, 2.45) is 0 Å². The number of ether oxygens (including phenoxy) is 1. The number of nitrogens with zero attached hydrogens (tertiary/aromatic N) is 1. The van der Waals surface area contributed by atoms with E-state index in [0.717, 1.165) is 40.7 Å². The number of hydrogen-bond acceptors (Lipinski definition) is 3. The zero-order chi connectivity index (χ0) is 21.0. The molecule has 3 rings (SSSR count). The average molecular weight is 459 g/mol. The van der Waals surface area contributed by atoms with E-state index in [1.165, 1.54) is 16.0 Å². The third kappa shape index (κ3) is 5.38. The van der Waals surface area contributed by atoms with Crippen LogP contribution < -0.4 is 10.1 Å². The van der Waals surface area contributed by atoms with Gasteiger partial charge in [-0.15, -0.1) is 0 Å². The van der Waals surface area contributed by atoms with E-state index in [2.05, 4.69) is 33.4 Å². The van der Waals surface area contributed by atoms with Crippen LogP contribution in [0.5, 0.6) is 5.75 Å². The summed E-state index contributed by atoms with van der Waals surface area (Å²) in [5, 5.41) is 2.89. The van der Waals surface area contributed by atoms with E-state index in [-0.39, 0.29) is 24.3 Å². The molecule has 1 aliphatic carbocycles. The summed E-state index contributed by atoms with van der Waals surface area (Å²) in [6.45, 7) is 1.97. The van der Waals surface area contributed by atoms with E-state index < -0.39 is 0 Å². The second-order valence-corrected chi connectivity index (χ2v) is 8.53. The molecular weight excluding hydrogens is 432 g/mol. The topological polar surface area (TPSA) is 58.6 Å². The maximum Gasteiger partial charge on any atom is 0.243 e. The number of nitrogens with one attached hydrogen (secondary N) is 1. The van der Waals surface area contributed by atoms with Crippen molar-refractivity contribution in [3.63, 3.8) is 0 Å². The van der Waals surface area contributed by atoms with Crippen molar-refractivity contribution in [2.75, 3.05) is 26.0 Å². The van der Waals surface area contributed by atoms with Crippen LogP contribution in [0, 0.1) is 6.92 Å². The van der Waals surface area contributed by atoms with Crippen molar-refractivity contribution >= 4 is 33.4 Å². The predicted octanol–water partition coefficient (Wildman–Crippen LogP) is 4.67. The monoisotopic (exact) mass is 458 g/mol. The molecule has 1 atom stereocenters. The molecule has 154 valence electrons. The molecule has 2 aromatic rings. The van der Waals surface area contributed by atoms with E-state index in [9.17, 15) is 9.59 Å². The minimum absolute atomic E-state index is 0.0126. The van der Waals surface area contributed by atoms with Crippen molar-refractivity contribution in [3.8, 4) is 5.75 Å². The fourth-order valence-corrected chi connectivity index (χ4v) is 4.33. The molecule has 0 saturated carbocycles. The number of carbonyl (C=O) groups excluding carboxylic acids is 2. The third-order valence-electron chi connectivity index (χ3n) is 5.48. The number of likely N-dealkylation sites (N-methyl/N-ethyl adjacent to an activating group) is 1. The summed E-state index contributed by atoms with van der Waals surface area (Å²) in [7, 11) is 3.36. The lowest BCUT2D eigenvalue weighted by Gasteiger charge is -2.27. The summed E-state index contributed by atoms with van der Waals surface area (Å²) in [6.07, 6.45) is 3.48. The zero-order valence-corrected chi connectivity index (χ0v) is 18.7. The van der Waals surface area contributed by atoms with E-state index in [1.54, 1.807) is 14.2 Å². The van der Waals surface area contributed by atoms with E-state index in [4.69, 9.17) is 4.74 Å². The second-order valence-electron chi connectivity index (χ2n) is 7.62. The number of rotatable bonds is 6. The first-order chi connectivity index (χ1) is 13.9. The highest BCUT2D eigenvalue weighted by Crippen LogP contribution is 2.36. The van der Waals surface area contributed by atoms with Gasteiger partial charge in [0, 0.05) is 23.6 Å². The molecule has 0 aromatic heterocycles. The molecule has 0 aliphatic heterocycles. The van der Waals surface area contributed by atoms with Gasteiger partial charge in [0.05, 0.1) is 13.7 Å². The van der Waals surface area contributed by atoms with Gasteiger partial charge in [-0.05, 0) is 79.1 Å². The summed E-state index contributed by atoms with van der Waals surface area (Å²) in [6, 6.07) is 11.8.